The summed E-state index contributed by atoms with van der Waals surface area (Å²) in [4.78, 5) is 20.3. The van der Waals surface area contributed by atoms with E-state index in [-0.39, 0.29) is 0 Å². The molecule has 2 aliphatic heterocycles. The van der Waals surface area contributed by atoms with Gasteiger partial charge in [-0.05, 0) is 62.5 Å². The molecule has 150 valence electrons. The highest BCUT2D eigenvalue weighted by atomic mass is 32.2. The number of nitrogens with one attached hydrogen (secondary N) is 1. The number of hydrogen-bond donors (Lipinski definition) is 1. The summed E-state index contributed by atoms with van der Waals surface area (Å²) in [5, 5.41) is 3.44. The van der Waals surface area contributed by atoms with Crippen molar-refractivity contribution in [3.8, 4) is 0 Å². The van der Waals surface area contributed by atoms with Crippen molar-refractivity contribution < 1.29 is 0 Å². The van der Waals surface area contributed by atoms with Crippen LogP contribution in [0.15, 0.2) is 29.2 Å². The summed E-state index contributed by atoms with van der Waals surface area (Å²) >= 11 is 1.76. The molecule has 0 amide bonds. The summed E-state index contributed by atoms with van der Waals surface area (Å²) in [6, 6.07) is 8.65. The van der Waals surface area contributed by atoms with Crippen LogP contribution in [0.5, 0.6) is 0 Å². The Morgan fingerprint density at radius 2 is 1.32 bits per heavy atom. The van der Waals surface area contributed by atoms with E-state index in [0.29, 0.717) is 5.95 Å². The molecule has 0 saturated carbocycles. The van der Waals surface area contributed by atoms with Crippen LogP contribution in [0.3, 0.4) is 0 Å². The molecule has 4 rings (SSSR count). The fraction of sp³-hybridized carbons (Fsp3) is 0.571. The van der Waals surface area contributed by atoms with Gasteiger partial charge in [-0.15, -0.1) is 11.8 Å². The second-order valence-electron chi connectivity index (χ2n) is 7.56. The summed E-state index contributed by atoms with van der Waals surface area (Å²) in [7, 11) is 0. The molecule has 6 nitrogen and oxygen atoms in total. The Morgan fingerprint density at radius 1 is 0.786 bits per heavy atom. The summed E-state index contributed by atoms with van der Waals surface area (Å²) in [5.74, 6) is 2.34. The Labute approximate surface area is 172 Å². The summed E-state index contributed by atoms with van der Waals surface area (Å²) in [5.41, 5.74) is 1.23. The quantitative estimate of drug-likeness (QED) is 0.732. The van der Waals surface area contributed by atoms with Gasteiger partial charge in [0.2, 0.25) is 17.8 Å². The van der Waals surface area contributed by atoms with E-state index in [4.69, 9.17) is 15.0 Å². The van der Waals surface area contributed by atoms with Crippen molar-refractivity contribution in [2.45, 2.75) is 50.0 Å². The van der Waals surface area contributed by atoms with Crippen molar-refractivity contribution in [2.75, 3.05) is 47.6 Å². The fourth-order valence-electron chi connectivity index (χ4n) is 3.83. The number of hydrogen-bond acceptors (Lipinski definition) is 7. The van der Waals surface area contributed by atoms with Crippen molar-refractivity contribution in [3.63, 3.8) is 0 Å². The van der Waals surface area contributed by atoms with Gasteiger partial charge in [0.1, 0.15) is 0 Å². The molecule has 0 bridgehead atoms. The summed E-state index contributed by atoms with van der Waals surface area (Å²) < 4.78 is 0. The molecular formula is C21H30N6S. The van der Waals surface area contributed by atoms with Crippen LogP contribution in [0.1, 0.15) is 44.1 Å². The first kappa shape index (κ1) is 19.3. The molecule has 1 N–H and O–H groups in total. The second-order valence-corrected chi connectivity index (χ2v) is 8.44. The van der Waals surface area contributed by atoms with Crippen molar-refractivity contribution in [1.82, 2.24) is 15.0 Å². The third-order valence-electron chi connectivity index (χ3n) is 5.50. The molecule has 0 unspecified atom stereocenters. The number of benzene rings is 1. The molecule has 2 aliphatic rings. The minimum atomic E-state index is 0.685. The van der Waals surface area contributed by atoms with Crippen LogP contribution >= 0.6 is 11.8 Å². The number of rotatable bonds is 6. The average Bonchev–Trinajstić information content (AvgIpc) is 2.79. The first-order valence-corrected chi connectivity index (χ1v) is 11.7. The zero-order chi connectivity index (χ0) is 19.2. The summed E-state index contributed by atoms with van der Waals surface area (Å²) in [6.07, 6.45) is 9.58. The van der Waals surface area contributed by atoms with Gasteiger partial charge in [0.15, 0.2) is 0 Å². The molecule has 0 aliphatic carbocycles. The lowest BCUT2D eigenvalue weighted by Crippen LogP contribution is -2.34. The van der Waals surface area contributed by atoms with Gasteiger partial charge in [-0.25, -0.2) is 0 Å². The highest BCUT2D eigenvalue weighted by Crippen LogP contribution is 2.23. The average molecular weight is 399 g/mol. The van der Waals surface area contributed by atoms with Crippen LogP contribution in [0.2, 0.25) is 0 Å². The molecule has 1 aromatic carbocycles. The Balaban J connectivity index is 1.53. The monoisotopic (exact) mass is 398 g/mol. The number of nitrogens with zero attached hydrogens (tertiary/aromatic N) is 5. The SMILES string of the molecule is CSc1ccc(CNc2nc(N3CCCCC3)nc(N3CCCCC3)n2)cc1. The van der Waals surface area contributed by atoms with Gasteiger partial charge < -0.3 is 15.1 Å². The predicted molar refractivity (Wildman–Crippen MR) is 118 cm³/mol. The van der Waals surface area contributed by atoms with Gasteiger partial charge in [-0.2, -0.15) is 15.0 Å². The van der Waals surface area contributed by atoms with E-state index in [9.17, 15) is 0 Å². The molecule has 2 aromatic rings. The molecule has 0 spiro atoms. The Morgan fingerprint density at radius 3 is 1.82 bits per heavy atom. The van der Waals surface area contributed by atoms with Crippen LogP contribution in [0.4, 0.5) is 17.8 Å². The third kappa shape index (κ3) is 4.87. The molecule has 2 fully saturated rings. The minimum absolute atomic E-state index is 0.685. The van der Waals surface area contributed by atoms with E-state index in [1.165, 1.54) is 49.0 Å². The molecule has 7 heteroatoms. The van der Waals surface area contributed by atoms with Crippen molar-refractivity contribution in [2.24, 2.45) is 0 Å². The van der Waals surface area contributed by atoms with E-state index in [1.54, 1.807) is 11.8 Å². The van der Waals surface area contributed by atoms with E-state index >= 15 is 0 Å². The normalized spacial score (nSPS) is 17.6. The smallest absolute Gasteiger partial charge is 0.231 e. The van der Waals surface area contributed by atoms with Crippen LogP contribution in [-0.4, -0.2) is 47.4 Å². The van der Waals surface area contributed by atoms with Gasteiger partial charge in [-0.3, -0.25) is 0 Å². The van der Waals surface area contributed by atoms with E-state index in [0.717, 1.165) is 44.6 Å². The van der Waals surface area contributed by atoms with Crippen LogP contribution in [0.25, 0.3) is 0 Å². The highest BCUT2D eigenvalue weighted by Gasteiger charge is 2.20. The van der Waals surface area contributed by atoms with E-state index < -0.39 is 0 Å². The molecule has 1 aromatic heterocycles. The predicted octanol–water partition coefficient (Wildman–Crippen LogP) is 4.19. The fourth-order valence-corrected chi connectivity index (χ4v) is 4.24. The number of anilines is 3. The zero-order valence-electron chi connectivity index (χ0n) is 16.7. The lowest BCUT2D eigenvalue weighted by molar-refractivity contribution is 0.556. The Hall–Kier alpha value is -2.02. The molecule has 0 atom stereocenters. The molecule has 28 heavy (non-hydrogen) atoms. The topological polar surface area (TPSA) is 57.2 Å². The van der Waals surface area contributed by atoms with Crippen LogP contribution < -0.4 is 15.1 Å². The first-order chi connectivity index (χ1) is 13.8. The Kier molecular flexibility index (Phi) is 6.52. The molecular weight excluding hydrogens is 368 g/mol. The van der Waals surface area contributed by atoms with E-state index in [2.05, 4.69) is 45.6 Å². The lowest BCUT2D eigenvalue weighted by Gasteiger charge is -2.30. The van der Waals surface area contributed by atoms with Gasteiger partial charge in [0, 0.05) is 37.6 Å². The first-order valence-electron chi connectivity index (χ1n) is 10.4. The van der Waals surface area contributed by atoms with Crippen molar-refractivity contribution in [3.05, 3.63) is 29.8 Å². The highest BCUT2D eigenvalue weighted by molar-refractivity contribution is 7.98. The zero-order valence-corrected chi connectivity index (χ0v) is 17.5. The standard InChI is InChI=1S/C21H30N6S/c1-28-18-10-8-17(9-11-18)16-22-19-23-20(26-12-4-2-5-13-26)25-21(24-19)27-14-6-3-7-15-27/h8-11H,2-7,12-16H2,1H3,(H,22,23,24,25). The third-order valence-corrected chi connectivity index (χ3v) is 6.24. The second kappa shape index (κ2) is 9.45. The lowest BCUT2D eigenvalue weighted by atomic mass is 10.1. The van der Waals surface area contributed by atoms with Gasteiger partial charge in [0.25, 0.3) is 0 Å². The van der Waals surface area contributed by atoms with Crippen LogP contribution in [0, 0.1) is 0 Å². The maximum Gasteiger partial charge on any atom is 0.231 e. The molecule has 2 saturated heterocycles. The van der Waals surface area contributed by atoms with Gasteiger partial charge >= 0.3 is 0 Å². The van der Waals surface area contributed by atoms with Gasteiger partial charge in [-0.1, -0.05) is 12.1 Å². The van der Waals surface area contributed by atoms with Crippen molar-refractivity contribution in [1.29, 1.82) is 0 Å². The Bertz CT molecular complexity index is 718. The number of piperidine rings is 2. The maximum absolute atomic E-state index is 4.85. The van der Waals surface area contributed by atoms with Crippen LogP contribution in [-0.2, 0) is 6.54 Å². The largest absolute Gasteiger partial charge is 0.350 e. The van der Waals surface area contributed by atoms with Gasteiger partial charge in [0.05, 0.1) is 0 Å². The van der Waals surface area contributed by atoms with Crippen molar-refractivity contribution >= 4 is 29.6 Å². The number of aromatic nitrogens is 3. The van der Waals surface area contributed by atoms with E-state index in [1.807, 2.05) is 0 Å². The number of thioether (sulfide) groups is 1. The summed E-state index contributed by atoms with van der Waals surface area (Å²) in [6.45, 7) is 4.88. The minimum Gasteiger partial charge on any atom is -0.350 e. The molecule has 0 radical (unpaired) electrons. The molecule has 3 heterocycles. The maximum atomic E-state index is 4.85.